The monoisotopic (exact) mass is 242 g/mol. The highest BCUT2D eigenvalue weighted by Crippen LogP contribution is 2.22. The molecule has 0 spiro atoms. The molecule has 0 aromatic rings. The third-order valence-corrected chi connectivity index (χ3v) is 2.96. The Balaban J connectivity index is 4.17. The lowest BCUT2D eigenvalue weighted by Crippen LogP contribution is -2.29. The van der Waals surface area contributed by atoms with Crippen LogP contribution >= 0.6 is 0 Å². The van der Waals surface area contributed by atoms with Crippen molar-refractivity contribution < 1.29 is 9.76 Å². The number of aliphatic hydroxyl groups is 1. The van der Waals surface area contributed by atoms with Crippen molar-refractivity contribution in [1.82, 2.24) is 0 Å². The molecule has 0 aliphatic rings. The van der Waals surface area contributed by atoms with Crippen LogP contribution in [0.3, 0.4) is 0 Å². The Morgan fingerprint density at radius 1 is 0.941 bits per heavy atom. The van der Waals surface area contributed by atoms with Gasteiger partial charge in [0.2, 0.25) is 0 Å². The average Bonchev–Trinajstić information content (AvgIpc) is 2.14. The molecule has 0 aromatic carbocycles. The predicted molar refractivity (Wildman–Crippen MR) is 76.3 cm³/mol. The van der Waals surface area contributed by atoms with Gasteiger partial charge in [-0.1, -0.05) is 41.4 Å². The molecular weight excluding hydrogens is 211 g/mol. The Kier molecular flexibility index (Phi) is 8.98. The first kappa shape index (κ1) is 17.0. The van der Waals surface area contributed by atoms with E-state index < -0.39 is 0 Å². The summed E-state index contributed by atoms with van der Waals surface area (Å²) >= 11 is 0. The van der Waals surface area contributed by atoms with Gasteiger partial charge in [-0.25, -0.2) is 0 Å². The molecule has 3 heteroatoms. The fourth-order valence-corrected chi connectivity index (χ4v) is 2.45. The van der Waals surface area contributed by atoms with Gasteiger partial charge in [0.05, 0.1) is 0 Å². The van der Waals surface area contributed by atoms with Crippen molar-refractivity contribution in [3.63, 3.8) is 0 Å². The molecule has 0 aromatic heterocycles. The maximum Gasteiger partial charge on any atom is 0.316 e. The second-order valence-electron chi connectivity index (χ2n) is 6.35. The van der Waals surface area contributed by atoms with Crippen LogP contribution in [0.4, 0.5) is 0 Å². The Morgan fingerprint density at radius 2 is 1.47 bits per heavy atom. The minimum absolute atomic E-state index is 0.0370. The minimum atomic E-state index is -0.0370. The van der Waals surface area contributed by atoms with Crippen molar-refractivity contribution in [3.8, 4) is 0 Å². The number of rotatable bonds is 9. The molecule has 102 valence electrons. The Morgan fingerprint density at radius 3 is 1.88 bits per heavy atom. The van der Waals surface area contributed by atoms with Crippen LogP contribution in [0, 0.1) is 17.8 Å². The van der Waals surface area contributed by atoms with Crippen molar-refractivity contribution in [2.45, 2.75) is 66.8 Å². The van der Waals surface area contributed by atoms with Crippen molar-refractivity contribution in [1.29, 1.82) is 0 Å². The van der Waals surface area contributed by atoms with E-state index in [2.05, 4.69) is 34.6 Å². The zero-order chi connectivity index (χ0) is 13.4. The molecule has 2 unspecified atom stereocenters. The van der Waals surface area contributed by atoms with Gasteiger partial charge in [0.1, 0.15) is 0 Å². The third kappa shape index (κ3) is 9.67. The molecule has 2 atom stereocenters. The number of aliphatic hydroxyl groups excluding tert-OH is 1. The quantitative estimate of drug-likeness (QED) is 0.625. The number of hydrogen-bond acceptors (Lipinski definition) is 2. The maximum absolute atomic E-state index is 9.07. The van der Waals surface area contributed by atoms with Crippen LogP contribution < -0.4 is 0 Å². The molecule has 17 heavy (non-hydrogen) atoms. The fourth-order valence-electron chi connectivity index (χ4n) is 2.45. The fraction of sp³-hybridized carbons (Fsp3) is 1.00. The summed E-state index contributed by atoms with van der Waals surface area (Å²) in [6, 6.07) is 0. The lowest BCUT2D eigenvalue weighted by Gasteiger charge is -2.26. The van der Waals surface area contributed by atoms with E-state index >= 15 is 0 Å². The van der Waals surface area contributed by atoms with Crippen LogP contribution in [0.2, 0.25) is 6.82 Å². The van der Waals surface area contributed by atoms with Crippen LogP contribution in [0.15, 0.2) is 0 Å². The molecule has 0 rings (SSSR count). The molecule has 0 amide bonds. The SMILES string of the molecule is CB(CO)OC(CC(C)C)CC(C)CC(C)C. The van der Waals surface area contributed by atoms with Gasteiger partial charge in [-0.2, -0.15) is 0 Å². The first-order valence-electron chi connectivity index (χ1n) is 7.11. The summed E-state index contributed by atoms with van der Waals surface area (Å²) in [7, 11) is 0. The highest BCUT2D eigenvalue weighted by atomic mass is 16.5. The maximum atomic E-state index is 9.07. The second kappa shape index (κ2) is 8.99. The van der Waals surface area contributed by atoms with Crippen molar-refractivity contribution >= 4 is 6.92 Å². The van der Waals surface area contributed by atoms with E-state index in [-0.39, 0.29) is 13.4 Å². The molecule has 2 nitrogen and oxygen atoms in total. The van der Waals surface area contributed by atoms with E-state index in [4.69, 9.17) is 9.76 Å². The van der Waals surface area contributed by atoms with E-state index in [9.17, 15) is 0 Å². The summed E-state index contributed by atoms with van der Waals surface area (Å²) in [5, 5.41) is 9.07. The summed E-state index contributed by atoms with van der Waals surface area (Å²) in [6.45, 7) is 13.3. The van der Waals surface area contributed by atoms with Gasteiger partial charge in [-0.3, -0.25) is 0 Å². The highest BCUT2D eigenvalue weighted by molar-refractivity contribution is 6.49. The standard InChI is InChI=1S/C14H31BO2/c1-11(2)7-13(5)9-14(8-12(3)4)17-15(6)10-16/h11-14,16H,7-10H2,1-6H3. The van der Waals surface area contributed by atoms with E-state index in [1.165, 1.54) is 6.42 Å². The zero-order valence-electron chi connectivity index (χ0n) is 12.6. The molecule has 0 radical (unpaired) electrons. The van der Waals surface area contributed by atoms with Gasteiger partial charge in [-0.15, -0.1) is 0 Å². The number of hydrogen-bond donors (Lipinski definition) is 1. The van der Waals surface area contributed by atoms with Crippen molar-refractivity contribution in [2.24, 2.45) is 17.8 Å². The van der Waals surface area contributed by atoms with Crippen LogP contribution in [-0.4, -0.2) is 24.6 Å². The van der Waals surface area contributed by atoms with Gasteiger partial charge < -0.3 is 9.76 Å². The van der Waals surface area contributed by atoms with E-state index in [1.807, 2.05) is 6.82 Å². The van der Waals surface area contributed by atoms with Gasteiger partial charge in [0, 0.05) is 12.6 Å². The Labute approximate surface area is 108 Å². The molecule has 0 saturated heterocycles. The van der Waals surface area contributed by atoms with Gasteiger partial charge >= 0.3 is 6.92 Å². The summed E-state index contributed by atoms with van der Waals surface area (Å²) < 4.78 is 5.91. The molecule has 0 heterocycles. The van der Waals surface area contributed by atoms with E-state index in [0.29, 0.717) is 17.9 Å². The van der Waals surface area contributed by atoms with Gasteiger partial charge in [0.15, 0.2) is 0 Å². The second-order valence-corrected chi connectivity index (χ2v) is 6.35. The zero-order valence-corrected chi connectivity index (χ0v) is 12.6. The smallest absolute Gasteiger partial charge is 0.316 e. The highest BCUT2D eigenvalue weighted by Gasteiger charge is 2.19. The van der Waals surface area contributed by atoms with Crippen LogP contribution in [0.25, 0.3) is 0 Å². The average molecular weight is 242 g/mol. The lowest BCUT2D eigenvalue weighted by molar-refractivity contribution is 0.133. The van der Waals surface area contributed by atoms with Crippen molar-refractivity contribution in [3.05, 3.63) is 0 Å². The topological polar surface area (TPSA) is 29.5 Å². The van der Waals surface area contributed by atoms with E-state index in [0.717, 1.165) is 18.8 Å². The minimum Gasteiger partial charge on any atom is -0.431 e. The van der Waals surface area contributed by atoms with Crippen molar-refractivity contribution in [2.75, 3.05) is 6.51 Å². The normalized spacial score (nSPS) is 15.4. The molecular formula is C14H31BO2. The van der Waals surface area contributed by atoms with Gasteiger partial charge in [-0.05, 0) is 37.0 Å². The Bertz CT molecular complexity index is 183. The van der Waals surface area contributed by atoms with E-state index in [1.54, 1.807) is 0 Å². The third-order valence-electron chi connectivity index (χ3n) is 2.96. The van der Waals surface area contributed by atoms with Crippen LogP contribution in [-0.2, 0) is 4.65 Å². The molecule has 0 fully saturated rings. The first-order chi connectivity index (χ1) is 7.85. The summed E-state index contributed by atoms with van der Waals surface area (Å²) in [6.07, 6.45) is 3.75. The summed E-state index contributed by atoms with van der Waals surface area (Å²) in [5.74, 6) is 2.10. The Hall–Kier alpha value is -0.0151. The molecule has 0 bridgehead atoms. The van der Waals surface area contributed by atoms with Crippen LogP contribution in [0.1, 0.15) is 53.9 Å². The predicted octanol–water partition coefficient (Wildman–Crippen LogP) is 3.64. The van der Waals surface area contributed by atoms with Gasteiger partial charge in [0.25, 0.3) is 0 Å². The van der Waals surface area contributed by atoms with Crippen LogP contribution in [0.5, 0.6) is 0 Å². The molecule has 0 aliphatic carbocycles. The molecule has 0 saturated carbocycles. The largest absolute Gasteiger partial charge is 0.431 e. The lowest BCUT2D eigenvalue weighted by atomic mass is 9.72. The summed E-state index contributed by atoms with van der Waals surface area (Å²) in [4.78, 5) is 0. The summed E-state index contributed by atoms with van der Waals surface area (Å²) in [5.41, 5.74) is 0. The molecule has 0 aliphatic heterocycles. The first-order valence-corrected chi connectivity index (χ1v) is 7.11. The molecule has 1 N–H and O–H groups in total.